The van der Waals surface area contributed by atoms with E-state index < -0.39 is 0 Å². The highest BCUT2D eigenvalue weighted by molar-refractivity contribution is 6.31. The molecule has 6 heteroatoms. The Morgan fingerprint density at radius 2 is 2.12 bits per heavy atom. The molecule has 1 aromatic carbocycles. The second kappa shape index (κ2) is 3.78. The van der Waals surface area contributed by atoms with Crippen molar-refractivity contribution in [1.29, 1.82) is 0 Å². The molecule has 0 saturated carbocycles. The van der Waals surface area contributed by atoms with Gasteiger partial charge in [0.15, 0.2) is 5.15 Å². The van der Waals surface area contributed by atoms with E-state index in [1.165, 1.54) is 6.33 Å². The van der Waals surface area contributed by atoms with E-state index >= 15 is 0 Å². The molecule has 0 aliphatic carbocycles. The number of imidazole rings is 1. The van der Waals surface area contributed by atoms with Crippen molar-refractivity contribution in [2.45, 2.75) is 0 Å². The van der Waals surface area contributed by atoms with E-state index in [0.29, 0.717) is 10.8 Å². The number of hydrogen-bond acceptors (Lipinski definition) is 4. The molecule has 2 heterocycles. The van der Waals surface area contributed by atoms with E-state index in [1.54, 1.807) is 6.33 Å². The summed E-state index contributed by atoms with van der Waals surface area (Å²) in [6, 6.07) is 5.83. The monoisotopic (exact) mass is 245 g/mol. The van der Waals surface area contributed by atoms with Gasteiger partial charge in [0, 0.05) is 12.6 Å². The van der Waals surface area contributed by atoms with E-state index in [9.17, 15) is 0 Å². The van der Waals surface area contributed by atoms with Gasteiger partial charge in [0.1, 0.15) is 12.0 Å². The number of nitrogens with zero attached hydrogens (tertiary/aromatic N) is 5. The van der Waals surface area contributed by atoms with Crippen LogP contribution in [0.2, 0.25) is 5.15 Å². The Kier molecular flexibility index (Phi) is 2.26. The number of rotatable bonds is 1. The number of aryl methyl sites for hydroxylation is 1. The maximum absolute atomic E-state index is 5.98. The molecule has 2 aromatic heterocycles. The molecule has 0 spiro atoms. The number of aromatic nitrogens is 5. The van der Waals surface area contributed by atoms with Crippen LogP contribution in [0.1, 0.15) is 0 Å². The van der Waals surface area contributed by atoms with Gasteiger partial charge in [-0.1, -0.05) is 17.7 Å². The number of hydrogen-bond donors (Lipinski definition) is 0. The highest BCUT2D eigenvalue weighted by Crippen LogP contribution is 2.25. The van der Waals surface area contributed by atoms with E-state index in [4.69, 9.17) is 11.6 Å². The number of fused-ring (bicyclic) bond motifs is 1. The summed E-state index contributed by atoms with van der Waals surface area (Å²) in [5.41, 5.74) is 3.39. The quantitative estimate of drug-likeness (QED) is 0.659. The van der Waals surface area contributed by atoms with Crippen molar-refractivity contribution < 1.29 is 0 Å². The molecular weight excluding hydrogens is 238 g/mol. The maximum Gasteiger partial charge on any atom is 0.159 e. The largest absolute Gasteiger partial charge is 0.334 e. The van der Waals surface area contributed by atoms with Gasteiger partial charge in [0.05, 0.1) is 17.4 Å². The van der Waals surface area contributed by atoms with Crippen LogP contribution in [0, 0.1) is 0 Å². The van der Waals surface area contributed by atoms with Crippen molar-refractivity contribution in [3.63, 3.8) is 0 Å². The van der Waals surface area contributed by atoms with E-state index in [0.717, 1.165) is 16.6 Å². The minimum atomic E-state index is 0.343. The first-order chi connectivity index (χ1) is 8.25. The zero-order chi connectivity index (χ0) is 11.8. The van der Waals surface area contributed by atoms with Crippen molar-refractivity contribution >= 4 is 22.6 Å². The lowest BCUT2D eigenvalue weighted by Crippen LogP contribution is -1.91. The Balaban J connectivity index is 2.22. The SMILES string of the molecule is Cn1cnc2cc(-c3nncnc3Cl)ccc21. The molecule has 0 aliphatic heterocycles. The lowest BCUT2D eigenvalue weighted by Gasteiger charge is -2.01. The molecule has 3 aromatic rings. The molecule has 17 heavy (non-hydrogen) atoms. The third-order valence-corrected chi connectivity index (χ3v) is 2.85. The molecular formula is C11H8ClN5. The Labute approximate surface area is 102 Å². The van der Waals surface area contributed by atoms with Gasteiger partial charge in [-0.25, -0.2) is 9.97 Å². The molecule has 0 unspecified atom stereocenters. The van der Waals surface area contributed by atoms with Gasteiger partial charge in [0.25, 0.3) is 0 Å². The zero-order valence-corrected chi connectivity index (χ0v) is 9.76. The minimum Gasteiger partial charge on any atom is -0.334 e. The van der Waals surface area contributed by atoms with Crippen molar-refractivity contribution in [3.8, 4) is 11.3 Å². The molecule has 0 radical (unpaired) electrons. The van der Waals surface area contributed by atoms with Crippen molar-refractivity contribution in [2.24, 2.45) is 7.05 Å². The minimum absolute atomic E-state index is 0.343. The Bertz CT molecular complexity index is 691. The molecule has 5 nitrogen and oxygen atoms in total. The summed E-state index contributed by atoms with van der Waals surface area (Å²) in [7, 11) is 1.95. The third kappa shape index (κ3) is 1.64. The van der Waals surface area contributed by atoms with E-state index in [2.05, 4.69) is 20.2 Å². The van der Waals surface area contributed by atoms with Gasteiger partial charge in [-0.15, -0.1) is 10.2 Å². The molecule has 0 N–H and O–H groups in total. The molecule has 0 bridgehead atoms. The average Bonchev–Trinajstić information content (AvgIpc) is 2.71. The van der Waals surface area contributed by atoms with Crippen LogP contribution < -0.4 is 0 Å². The molecule has 3 rings (SSSR count). The summed E-state index contributed by atoms with van der Waals surface area (Å²) in [5.74, 6) is 0. The fourth-order valence-corrected chi connectivity index (χ4v) is 1.91. The highest BCUT2D eigenvalue weighted by atomic mass is 35.5. The van der Waals surface area contributed by atoms with Gasteiger partial charge in [-0.05, 0) is 12.1 Å². The summed E-state index contributed by atoms with van der Waals surface area (Å²) in [4.78, 5) is 8.19. The first-order valence-electron chi connectivity index (χ1n) is 5.00. The highest BCUT2D eigenvalue weighted by Gasteiger charge is 2.08. The second-order valence-corrected chi connectivity index (χ2v) is 4.02. The van der Waals surface area contributed by atoms with Crippen LogP contribution in [0.3, 0.4) is 0 Å². The van der Waals surface area contributed by atoms with Gasteiger partial charge >= 0.3 is 0 Å². The number of benzene rings is 1. The predicted octanol–water partition coefficient (Wildman–Crippen LogP) is 2.08. The lowest BCUT2D eigenvalue weighted by molar-refractivity contribution is 0.947. The molecule has 0 atom stereocenters. The predicted molar refractivity (Wildman–Crippen MR) is 64.5 cm³/mol. The van der Waals surface area contributed by atoms with Crippen LogP contribution in [-0.2, 0) is 7.05 Å². The van der Waals surface area contributed by atoms with Crippen molar-refractivity contribution in [3.05, 3.63) is 36.0 Å². The van der Waals surface area contributed by atoms with Crippen LogP contribution in [0.25, 0.3) is 22.3 Å². The standard InChI is InChI=1S/C11H8ClN5/c1-17-6-14-8-4-7(2-3-9(8)17)10-11(12)13-5-15-16-10/h2-6H,1H3. The summed E-state index contributed by atoms with van der Waals surface area (Å²) >= 11 is 5.98. The first-order valence-corrected chi connectivity index (χ1v) is 5.38. The topological polar surface area (TPSA) is 56.5 Å². The molecule has 0 aliphatic rings. The van der Waals surface area contributed by atoms with Crippen LogP contribution in [-0.4, -0.2) is 24.7 Å². The van der Waals surface area contributed by atoms with Crippen LogP contribution in [0.4, 0.5) is 0 Å². The first kappa shape index (κ1) is 10.2. The molecule has 84 valence electrons. The Morgan fingerprint density at radius 3 is 2.94 bits per heavy atom. The maximum atomic E-state index is 5.98. The number of halogens is 1. The van der Waals surface area contributed by atoms with E-state index in [-0.39, 0.29) is 0 Å². The normalized spacial score (nSPS) is 10.9. The zero-order valence-electron chi connectivity index (χ0n) is 9.00. The summed E-state index contributed by atoms with van der Waals surface area (Å²) in [6.07, 6.45) is 3.09. The average molecular weight is 246 g/mol. The third-order valence-electron chi connectivity index (χ3n) is 2.57. The fraction of sp³-hybridized carbons (Fsp3) is 0.0909. The molecule has 0 fully saturated rings. The lowest BCUT2D eigenvalue weighted by atomic mass is 10.1. The Hall–Kier alpha value is -2.01. The summed E-state index contributed by atoms with van der Waals surface area (Å²) < 4.78 is 1.95. The summed E-state index contributed by atoms with van der Waals surface area (Å²) in [6.45, 7) is 0. The van der Waals surface area contributed by atoms with Gasteiger partial charge < -0.3 is 4.57 Å². The summed E-state index contributed by atoms with van der Waals surface area (Å²) in [5, 5.41) is 8.06. The molecule has 0 saturated heterocycles. The van der Waals surface area contributed by atoms with Crippen molar-refractivity contribution in [2.75, 3.05) is 0 Å². The fourth-order valence-electron chi connectivity index (χ4n) is 1.72. The van der Waals surface area contributed by atoms with Crippen LogP contribution in [0.5, 0.6) is 0 Å². The van der Waals surface area contributed by atoms with Gasteiger partial charge in [-0.3, -0.25) is 0 Å². The smallest absolute Gasteiger partial charge is 0.159 e. The van der Waals surface area contributed by atoms with E-state index in [1.807, 2.05) is 29.8 Å². The molecule has 0 amide bonds. The van der Waals surface area contributed by atoms with Gasteiger partial charge in [-0.2, -0.15) is 0 Å². The van der Waals surface area contributed by atoms with Gasteiger partial charge in [0.2, 0.25) is 0 Å². The second-order valence-electron chi connectivity index (χ2n) is 3.66. The van der Waals surface area contributed by atoms with Crippen LogP contribution in [0.15, 0.2) is 30.9 Å². The van der Waals surface area contributed by atoms with Crippen molar-refractivity contribution in [1.82, 2.24) is 24.7 Å². The Morgan fingerprint density at radius 1 is 1.24 bits per heavy atom. The van der Waals surface area contributed by atoms with Crippen LogP contribution >= 0.6 is 11.6 Å².